The van der Waals surface area contributed by atoms with Crippen molar-refractivity contribution < 1.29 is 0 Å². The summed E-state index contributed by atoms with van der Waals surface area (Å²) in [6, 6.07) is 8.84. The van der Waals surface area contributed by atoms with Gasteiger partial charge in [0.2, 0.25) is 0 Å². The van der Waals surface area contributed by atoms with Crippen LogP contribution in [0, 0.1) is 0 Å². The molecule has 0 amide bonds. The molecule has 1 heterocycles. The van der Waals surface area contributed by atoms with Crippen LogP contribution in [-0.4, -0.2) is 11.5 Å². The molecule has 0 aliphatic heterocycles. The van der Waals surface area contributed by atoms with Crippen LogP contribution in [0.2, 0.25) is 0 Å². The van der Waals surface area contributed by atoms with E-state index in [1.807, 2.05) is 6.20 Å². The molecule has 1 aromatic carbocycles. The summed E-state index contributed by atoms with van der Waals surface area (Å²) < 4.78 is 1.12. The van der Waals surface area contributed by atoms with E-state index in [1.165, 1.54) is 15.4 Å². The van der Waals surface area contributed by atoms with Crippen LogP contribution < -0.4 is 5.32 Å². The van der Waals surface area contributed by atoms with Gasteiger partial charge in [-0.15, -0.1) is 11.3 Å². The normalized spacial score (nSPS) is 12.6. The molecule has 2 rings (SSSR count). The average molecular weight is 339 g/mol. The fourth-order valence-corrected chi connectivity index (χ4v) is 3.09. The first-order valence-electron chi connectivity index (χ1n) is 6.61. The zero-order valence-electron chi connectivity index (χ0n) is 11.3. The third kappa shape index (κ3) is 4.41. The highest BCUT2D eigenvalue weighted by Crippen LogP contribution is 2.23. The fraction of sp³-hybridized carbons (Fsp3) is 0.400. The molecule has 0 spiro atoms. The quantitative estimate of drug-likeness (QED) is 0.835. The Bertz CT molecular complexity index is 507. The van der Waals surface area contributed by atoms with E-state index < -0.39 is 0 Å². The molecule has 0 saturated heterocycles. The van der Waals surface area contributed by atoms with Crippen molar-refractivity contribution in [2.75, 3.05) is 6.54 Å². The van der Waals surface area contributed by atoms with Crippen LogP contribution in [0.3, 0.4) is 0 Å². The summed E-state index contributed by atoms with van der Waals surface area (Å²) in [5.41, 5.74) is 1.30. The summed E-state index contributed by atoms with van der Waals surface area (Å²) in [4.78, 5) is 5.85. The number of aromatic nitrogens is 1. The van der Waals surface area contributed by atoms with Gasteiger partial charge in [0.1, 0.15) is 0 Å². The van der Waals surface area contributed by atoms with Crippen LogP contribution >= 0.6 is 27.3 Å². The van der Waals surface area contributed by atoms with Gasteiger partial charge in [-0.1, -0.05) is 35.0 Å². The molecule has 0 bridgehead atoms. The lowest BCUT2D eigenvalue weighted by atomic mass is 10.2. The maximum absolute atomic E-state index is 4.53. The number of benzene rings is 1. The smallest absolute Gasteiger partial charge is 0.0972 e. The highest BCUT2D eigenvalue weighted by molar-refractivity contribution is 9.10. The summed E-state index contributed by atoms with van der Waals surface area (Å²) in [5.74, 6) is 0. The lowest BCUT2D eigenvalue weighted by molar-refractivity contribution is 0.577. The second-order valence-electron chi connectivity index (χ2n) is 4.64. The molecule has 0 radical (unpaired) electrons. The van der Waals surface area contributed by atoms with Gasteiger partial charge in [-0.05, 0) is 37.6 Å². The van der Waals surface area contributed by atoms with Gasteiger partial charge in [0, 0.05) is 28.0 Å². The minimum atomic E-state index is 0.399. The molecule has 0 saturated carbocycles. The lowest BCUT2D eigenvalue weighted by Gasteiger charge is -2.09. The van der Waals surface area contributed by atoms with Gasteiger partial charge in [-0.2, -0.15) is 0 Å². The molecule has 2 nitrogen and oxygen atoms in total. The lowest BCUT2D eigenvalue weighted by Crippen LogP contribution is -2.18. The monoisotopic (exact) mass is 338 g/mol. The summed E-state index contributed by atoms with van der Waals surface area (Å²) in [6.07, 6.45) is 4.08. The Labute approximate surface area is 127 Å². The minimum Gasteiger partial charge on any atom is -0.309 e. The highest BCUT2D eigenvalue weighted by Gasteiger charge is 2.09. The summed E-state index contributed by atoms with van der Waals surface area (Å²) in [5, 5.41) is 4.68. The number of hydrogen-bond donors (Lipinski definition) is 1. The first kappa shape index (κ1) is 14.7. The predicted molar refractivity (Wildman–Crippen MR) is 85.8 cm³/mol. The van der Waals surface area contributed by atoms with Crippen LogP contribution in [0.5, 0.6) is 0 Å². The number of hydrogen-bond acceptors (Lipinski definition) is 3. The zero-order valence-corrected chi connectivity index (χ0v) is 13.7. The number of halogens is 1. The number of nitrogens with zero attached hydrogens (tertiary/aromatic N) is 1. The molecule has 102 valence electrons. The van der Waals surface area contributed by atoms with Gasteiger partial charge in [-0.25, -0.2) is 4.98 Å². The van der Waals surface area contributed by atoms with E-state index >= 15 is 0 Å². The predicted octanol–water partition coefficient (Wildman–Crippen LogP) is 4.56. The van der Waals surface area contributed by atoms with Gasteiger partial charge in [0.15, 0.2) is 0 Å². The maximum Gasteiger partial charge on any atom is 0.0972 e. The second-order valence-corrected chi connectivity index (χ2v) is 6.70. The molecule has 1 N–H and O–H groups in total. The Morgan fingerprint density at radius 1 is 1.32 bits per heavy atom. The molecule has 4 heteroatoms. The van der Waals surface area contributed by atoms with Gasteiger partial charge in [0.05, 0.1) is 5.01 Å². The van der Waals surface area contributed by atoms with Crippen molar-refractivity contribution in [3.63, 3.8) is 0 Å². The zero-order chi connectivity index (χ0) is 13.7. The van der Waals surface area contributed by atoms with E-state index in [4.69, 9.17) is 0 Å². The maximum atomic E-state index is 4.53. The SMILES string of the molecule is CCCNC(C)c1cnc(Cc2ccc(Br)cc2)s1. The van der Waals surface area contributed by atoms with Crippen LogP contribution in [-0.2, 0) is 6.42 Å². The van der Waals surface area contributed by atoms with Crippen molar-refractivity contribution >= 4 is 27.3 Å². The van der Waals surface area contributed by atoms with Crippen LogP contribution in [0.25, 0.3) is 0 Å². The molecular weight excluding hydrogens is 320 g/mol. The van der Waals surface area contributed by atoms with Gasteiger partial charge < -0.3 is 5.32 Å². The van der Waals surface area contributed by atoms with Crippen LogP contribution in [0.1, 0.15) is 41.8 Å². The van der Waals surface area contributed by atoms with Crippen molar-refractivity contribution in [3.05, 3.63) is 50.4 Å². The molecule has 19 heavy (non-hydrogen) atoms. The van der Waals surface area contributed by atoms with Crippen molar-refractivity contribution in [1.82, 2.24) is 10.3 Å². The van der Waals surface area contributed by atoms with E-state index in [1.54, 1.807) is 11.3 Å². The van der Waals surface area contributed by atoms with E-state index in [0.29, 0.717) is 6.04 Å². The van der Waals surface area contributed by atoms with Crippen molar-refractivity contribution in [2.45, 2.75) is 32.7 Å². The summed E-state index contributed by atoms with van der Waals surface area (Å²) >= 11 is 5.26. The van der Waals surface area contributed by atoms with E-state index in [-0.39, 0.29) is 0 Å². The molecule has 0 aliphatic carbocycles. The second kappa shape index (κ2) is 7.17. The first-order chi connectivity index (χ1) is 9.19. The topological polar surface area (TPSA) is 24.9 Å². The summed E-state index contributed by atoms with van der Waals surface area (Å²) in [6.45, 7) is 5.44. The third-order valence-electron chi connectivity index (χ3n) is 2.97. The molecule has 1 unspecified atom stereocenters. The molecule has 2 aromatic rings. The summed E-state index contributed by atoms with van der Waals surface area (Å²) in [7, 11) is 0. The third-order valence-corrected chi connectivity index (χ3v) is 4.68. The Morgan fingerprint density at radius 2 is 2.05 bits per heavy atom. The number of thiazole rings is 1. The Hall–Kier alpha value is -0.710. The Balaban J connectivity index is 1.98. The van der Waals surface area contributed by atoms with Gasteiger partial charge >= 0.3 is 0 Å². The molecule has 1 atom stereocenters. The molecule has 0 aliphatic rings. The molecular formula is C15H19BrN2S. The first-order valence-corrected chi connectivity index (χ1v) is 8.22. The molecule has 1 aromatic heterocycles. The van der Waals surface area contributed by atoms with E-state index in [9.17, 15) is 0 Å². The Morgan fingerprint density at radius 3 is 2.74 bits per heavy atom. The van der Waals surface area contributed by atoms with Crippen molar-refractivity contribution in [1.29, 1.82) is 0 Å². The fourth-order valence-electron chi connectivity index (χ4n) is 1.84. The number of rotatable bonds is 6. The van der Waals surface area contributed by atoms with Crippen LogP contribution in [0.4, 0.5) is 0 Å². The standard InChI is InChI=1S/C15H19BrN2S/c1-3-8-17-11(2)14-10-18-15(19-14)9-12-4-6-13(16)7-5-12/h4-7,10-11,17H,3,8-9H2,1-2H3. The minimum absolute atomic E-state index is 0.399. The van der Waals surface area contributed by atoms with Crippen LogP contribution in [0.15, 0.2) is 34.9 Å². The Kier molecular flexibility index (Phi) is 5.55. The van der Waals surface area contributed by atoms with Gasteiger partial charge in [0.25, 0.3) is 0 Å². The largest absolute Gasteiger partial charge is 0.309 e. The van der Waals surface area contributed by atoms with Crippen molar-refractivity contribution in [2.24, 2.45) is 0 Å². The van der Waals surface area contributed by atoms with Crippen molar-refractivity contribution in [3.8, 4) is 0 Å². The highest BCUT2D eigenvalue weighted by atomic mass is 79.9. The van der Waals surface area contributed by atoms with Gasteiger partial charge in [-0.3, -0.25) is 0 Å². The molecule has 0 fully saturated rings. The average Bonchev–Trinajstić information content (AvgIpc) is 2.87. The van der Waals surface area contributed by atoms with E-state index in [0.717, 1.165) is 23.9 Å². The number of nitrogens with one attached hydrogen (secondary N) is 1. The van der Waals surface area contributed by atoms with E-state index in [2.05, 4.69) is 64.3 Å².